The molecule has 22 heavy (non-hydrogen) atoms. The molecule has 3 aromatic rings. The summed E-state index contributed by atoms with van der Waals surface area (Å²) in [5.41, 5.74) is 1.52. The van der Waals surface area contributed by atoms with Gasteiger partial charge in [-0.05, 0) is 24.1 Å². The molecule has 1 atom stereocenters. The molecule has 0 radical (unpaired) electrons. The number of rotatable bonds is 5. The minimum absolute atomic E-state index is 0.220. The van der Waals surface area contributed by atoms with Gasteiger partial charge in [-0.25, -0.2) is 8.78 Å². The van der Waals surface area contributed by atoms with Gasteiger partial charge in [0.25, 0.3) is 6.43 Å². The lowest BCUT2D eigenvalue weighted by Crippen LogP contribution is -2.01. The number of hydrogen-bond acceptors (Lipinski definition) is 4. The Morgan fingerprint density at radius 3 is 2.55 bits per heavy atom. The average Bonchev–Trinajstić information content (AvgIpc) is 2.96. The second-order valence-corrected chi connectivity index (χ2v) is 5.95. The number of aromatic nitrogens is 4. The minimum atomic E-state index is -2.70. The fourth-order valence-electron chi connectivity index (χ4n) is 2.19. The summed E-state index contributed by atoms with van der Waals surface area (Å²) < 4.78 is 26.9. The van der Waals surface area contributed by atoms with Crippen molar-refractivity contribution in [2.24, 2.45) is 0 Å². The van der Waals surface area contributed by atoms with Crippen molar-refractivity contribution in [3.63, 3.8) is 0 Å². The molecule has 0 bridgehead atoms. The Kier molecular flexibility index (Phi) is 4.33. The second-order valence-electron chi connectivity index (χ2n) is 4.73. The predicted octanol–water partition coefficient (Wildman–Crippen LogP) is 4.31. The molecular weight excluding hydrogens is 306 g/mol. The van der Waals surface area contributed by atoms with Gasteiger partial charge in [-0.3, -0.25) is 0 Å². The topological polar surface area (TPSA) is 43.1 Å². The maximum Gasteiger partial charge on any atom is 0.299 e. The number of benzene rings is 1. The van der Waals surface area contributed by atoms with E-state index in [0.29, 0.717) is 10.7 Å². The fraction of sp³-hybridized carbons (Fsp3) is 0.267. The molecule has 0 aliphatic rings. The summed E-state index contributed by atoms with van der Waals surface area (Å²) in [4.78, 5) is 0. The number of alkyl halides is 2. The molecule has 0 aliphatic carbocycles. The first-order valence-corrected chi connectivity index (χ1v) is 7.79. The van der Waals surface area contributed by atoms with Gasteiger partial charge in [0.05, 0.1) is 0 Å². The zero-order chi connectivity index (χ0) is 15.5. The molecule has 4 nitrogen and oxygen atoms in total. The molecule has 2 aromatic heterocycles. The average molecular weight is 320 g/mol. The molecule has 1 unspecified atom stereocenters. The molecule has 0 fully saturated rings. The van der Waals surface area contributed by atoms with Crippen LogP contribution in [0.1, 0.15) is 36.4 Å². The molecule has 0 N–H and O–H groups in total. The Bertz CT molecular complexity index is 761. The van der Waals surface area contributed by atoms with Gasteiger partial charge in [0.15, 0.2) is 5.65 Å². The summed E-state index contributed by atoms with van der Waals surface area (Å²) in [6, 6.07) is 13.5. The van der Waals surface area contributed by atoms with E-state index in [1.807, 2.05) is 18.2 Å². The van der Waals surface area contributed by atoms with Gasteiger partial charge in [-0.15, -0.1) is 10.2 Å². The van der Waals surface area contributed by atoms with E-state index in [-0.39, 0.29) is 5.25 Å². The third-order valence-electron chi connectivity index (χ3n) is 3.26. The van der Waals surface area contributed by atoms with E-state index in [9.17, 15) is 8.78 Å². The van der Waals surface area contributed by atoms with Crippen LogP contribution in [-0.2, 0) is 0 Å². The Balaban J connectivity index is 1.91. The number of fused-ring (bicyclic) bond motifs is 1. The fourth-order valence-corrected chi connectivity index (χ4v) is 3.21. The Labute approximate surface area is 130 Å². The standard InChI is InChI=1S/C15H14F2N4S/c1-2-11(10-6-4-3-5-7-10)22-13-9-8-12-18-19-15(14(16)17)21(12)20-13/h3-9,11,14H,2H2,1H3. The minimum Gasteiger partial charge on any atom is -0.201 e. The summed E-state index contributed by atoms with van der Waals surface area (Å²) in [7, 11) is 0. The van der Waals surface area contributed by atoms with Crippen molar-refractivity contribution in [2.75, 3.05) is 0 Å². The largest absolute Gasteiger partial charge is 0.299 e. The van der Waals surface area contributed by atoms with Crippen molar-refractivity contribution in [3.05, 3.63) is 53.9 Å². The van der Waals surface area contributed by atoms with Crippen LogP contribution in [0.2, 0.25) is 0 Å². The molecule has 0 saturated carbocycles. The predicted molar refractivity (Wildman–Crippen MR) is 81.1 cm³/mol. The summed E-state index contributed by atoms with van der Waals surface area (Å²) in [5.74, 6) is -0.426. The van der Waals surface area contributed by atoms with Crippen LogP contribution in [0, 0.1) is 0 Å². The van der Waals surface area contributed by atoms with E-state index in [1.165, 1.54) is 5.56 Å². The highest BCUT2D eigenvalue weighted by molar-refractivity contribution is 7.99. The molecule has 2 heterocycles. The zero-order valence-electron chi connectivity index (χ0n) is 11.9. The first-order chi connectivity index (χ1) is 10.7. The molecule has 0 amide bonds. The molecular formula is C15H14F2N4S. The van der Waals surface area contributed by atoms with Crippen LogP contribution in [0.25, 0.3) is 5.65 Å². The molecule has 7 heteroatoms. The van der Waals surface area contributed by atoms with Gasteiger partial charge >= 0.3 is 0 Å². The number of hydrogen-bond donors (Lipinski definition) is 0. The highest BCUT2D eigenvalue weighted by atomic mass is 32.2. The summed E-state index contributed by atoms with van der Waals surface area (Å²) >= 11 is 1.55. The quantitative estimate of drug-likeness (QED) is 0.657. The summed E-state index contributed by atoms with van der Waals surface area (Å²) in [6.07, 6.45) is -1.78. The SMILES string of the molecule is CCC(Sc1ccc2nnc(C(F)F)n2n1)c1ccccc1. The second kappa shape index (κ2) is 6.39. The van der Waals surface area contributed by atoms with E-state index in [0.717, 1.165) is 10.9 Å². The lowest BCUT2D eigenvalue weighted by atomic mass is 10.1. The van der Waals surface area contributed by atoms with Gasteiger partial charge in [-0.1, -0.05) is 49.0 Å². The summed E-state index contributed by atoms with van der Waals surface area (Å²) in [6.45, 7) is 2.09. The first-order valence-electron chi connectivity index (χ1n) is 6.91. The van der Waals surface area contributed by atoms with Gasteiger partial charge in [0.1, 0.15) is 5.03 Å². The van der Waals surface area contributed by atoms with E-state index in [2.05, 4.69) is 34.4 Å². The molecule has 0 spiro atoms. The smallest absolute Gasteiger partial charge is 0.201 e. The Hall–Kier alpha value is -2.02. The van der Waals surface area contributed by atoms with Crippen molar-refractivity contribution in [1.29, 1.82) is 0 Å². The Morgan fingerprint density at radius 2 is 1.86 bits per heavy atom. The highest BCUT2D eigenvalue weighted by Crippen LogP contribution is 2.36. The molecule has 1 aromatic carbocycles. The van der Waals surface area contributed by atoms with Crippen LogP contribution in [0.3, 0.4) is 0 Å². The van der Waals surface area contributed by atoms with E-state index >= 15 is 0 Å². The van der Waals surface area contributed by atoms with Crippen LogP contribution in [0.15, 0.2) is 47.5 Å². The maximum atomic E-state index is 12.9. The Morgan fingerprint density at radius 1 is 1.09 bits per heavy atom. The monoisotopic (exact) mass is 320 g/mol. The summed E-state index contributed by atoms with van der Waals surface area (Å²) in [5, 5.41) is 12.3. The van der Waals surface area contributed by atoms with Gasteiger partial charge in [0, 0.05) is 5.25 Å². The van der Waals surface area contributed by atoms with Crippen LogP contribution in [0.4, 0.5) is 8.78 Å². The molecule has 3 rings (SSSR count). The van der Waals surface area contributed by atoms with Crippen LogP contribution in [0.5, 0.6) is 0 Å². The van der Waals surface area contributed by atoms with Crippen molar-refractivity contribution < 1.29 is 8.78 Å². The van der Waals surface area contributed by atoms with E-state index in [4.69, 9.17) is 0 Å². The van der Waals surface area contributed by atoms with E-state index in [1.54, 1.807) is 23.9 Å². The van der Waals surface area contributed by atoms with Gasteiger partial charge in [0.2, 0.25) is 5.82 Å². The van der Waals surface area contributed by atoms with Crippen molar-refractivity contribution in [1.82, 2.24) is 19.8 Å². The first kappa shape index (κ1) is 14.9. The number of halogens is 2. The van der Waals surface area contributed by atoms with Crippen LogP contribution < -0.4 is 0 Å². The zero-order valence-corrected chi connectivity index (χ0v) is 12.7. The molecule has 114 valence electrons. The third kappa shape index (κ3) is 2.94. The normalized spacial score (nSPS) is 12.9. The highest BCUT2D eigenvalue weighted by Gasteiger charge is 2.18. The maximum absolute atomic E-state index is 12.9. The van der Waals surface area contributed by atoms with Gasteiger partial charge in [-0.2, -0.15) is 9.61 Å². The van der Waals surface area contributed by atoms with Crippen LogP contribution in [-0.4, -0.2) is 19.8 Å². The molecule has 0 aliphatic heterocycles. The van der Waals surface area contributed by atoms with Crippen LogP contribution >= 0.6 is 11.8 Å². The lowest BCUT2D eigenvalue weighted by molar-refractivity contribution is 0.137. The van der Waals surface area contributed by atoms with E-state index < -0.39 is 12.2 Å². The van der Waals surface area contributed by atoms with Crippen molar-refractivity contribution >= 4 is 17.4 Å². The van der Waals surface area contributed by atoms with Crippen molar-refractivity contribution in [3.8, 4) is 0 Å². The lowest BCUT2D eigenvalue weighted by Gasteiger charge is -2.14. The van der Waals surface area contributed by atoms with Gasteiger partial charge < -0.3 is 0 Å². The third-order valence-corrected chi connectivity index (χ3v) is 4.61. The molecule has 0 saturated heterocycles. The number of nitrogens with zero attached hydrogens (tertiary/aromatic N) is 4. The van der Waals surface area contributed by atoms with Crippen molar-refractivity contribution in [2.45, 2.75) is 30.0 Å². The number of thioether (sulfide) groups is 1.